The third kappa shape index (κ3) is 2.42. The lowest BCUT2D eigenvalue weighted by Crippen LogP contribution is -2.33. The molecule has 4 heteroatoms. The number of nitrogens with one attached hydrogen (secondary N) is 2. The molecule has 0 spiro atoms. The molecule has 1 aliphatic heterocycles. The Labute approximate surface area is 93.8 Å². The molecule has 1 amide bonds. The highest BCUT2D eigenvalue weighted by Gasteiger charge is 2.20. The number of anilines is 1. The summed E-state index contributed by atoms with van der Waals surface area (Å²) < 4.78 is 0. The lowest BCUT2D eigenvalue weighted by Gasteiger charge is -2.10. The monoisotopic (exact) mass is 224 g/mol. The maximum Gasteiger partial charge on any atom is 0.216 e. The Balaban J connectivity index is 2.00. The van der Waals surface area contributed by atoms with Gasteiger partial charge in [0.25, 0.3) is 0 Å². The van der Waals surface area contributed by atoms with E-state index in [4.69, 9.17) is 11.6 Å². The van der Waals surface area contributed by atoms with E-state index in [1.807, 2.05) is 18.2 Å². The Morgan fingerprint density at radius 2 is 2.47 bits per heavy atom. The van der Waals surface area contributed by atoms with Gasteiger partial charge in [0.05, 0.1) is 0 Å². The fourth-order valence-electron chi connectivity index (χ4n) is 1.80. The number of carbonyl (C=O) groups excluding carboxylic acids is 1. The Morgan fingerprint density at radius 3 is 3.20 bits per heavy atom. The van der Waals surface area contributed by atoms with Gasteiger partial charge >= 0.3 is 0 Å². The number of halogens is 1. The van der Waals surface area contributed by atoms with Crippen molar-refractivity contribution >= 4 is 23.2 Å². The summed E-state index contributed by atoms with van der Waals surface area (Å²) in [5.41, 5.74) is 2.34. The molecule has 0 bridgehead atoms. The first-order valence-corrected chi connectivity index (χ1v) is 5.32. The summed E-state index contributed by atoms with van der Waals surface area (Å²) >= 11 is 5.90. The quantitative estimate of drug-likeness (QED) is 0.805. The molecule has 1 aromatic rings. The van der Waals surface area contributed by atoms with Gasteiger partial charge in [-0.3, -0.25) is 4.79 Å². The summed E-state index contributed by atoms with van der Waals surface area (Å²) in [7, 11) is 0. The van der Waals surface area contributed by atoms with Gasteiger partial charge in [-0.25, -0.2) is 0 Å². The average Bonchev–Trinajstić information content (AvgIpc) is 2.56. The molecule has 0 fully saturated rings. The first-order valence-electron chi connectivity index (χ1n) is 4.94. The predicted molar refractivity (Wildman–Crippen MR) is 61.3 cm³/mol. The second kappa shape index (κ2) is 4.11. The van der Waals surface area contributed by atoms with E-state index < -0.39 is 0 Å². The van der Waals surface area contributed by atoms with Gasteiger partial charge in [0.2, 0.25) is 5.91 Å². The maximum absolute atomic E-state index is 10.8. The number of carbonyl (C=O) groups is 1. The highest BCUT2D eigenvalue weighted by atomic mass is 35.5. The third-order valence-corrected chi connectivity index (χ3v) is 2.73. The molecule has 1 unspecified atom stereocenters. The van der Waals surface area contributed by atoms with Crippen LogP contribution in [0.1, 0.15) is 12.5 Å². The molecule has 80 valence electrons. The van der Waals surface area contributed by atoms with E-state index >= 15 is 0 Å². The third-order valence-electron chi connectivity index (χ3n) is 2.49. The SMILES string of the molecule is CC(=O)NCC1Cc2cc(Cl)ccc2N1. The minimum Gasteiger partial charge on any atom is -0.380 e. The lowest BCUT2D eigenvalue weighted by atomic mass is 10.1. The van der Waals surface area contributed by atoms with Crippen LogP contribution in [0.4, 0.5) is 5.69 Å². The van der Waals surface area contributed by atoms with Gasteiger partial charge in [0.1, 0.15) is 0 Å². The van der Waals surface area contributed by atoms with Crippen LogP contribution >= 0.6 is 11.6 Å². The standard InChI is InChI=1S/C11H13ClN2O/c1-7(15)13-6-10-5-8-4-9(12)2-3-11(8)14-10/h2-4,10,14H,5-6H2,1H3,(H,13,15). The summed E-state index contributed by atoms with van der Waals surface area (Å²) in [5.74, 6) is 0.00536. The molecule has 1 aromatic carbocycles. The number of rotatable bonds is 2. The highest BCUT2D eigenvalue weighted by Crippen LogP contribution is 2.28. The molecule has 1 aliphatic rings. The van der Waals surface area contributed by atoms with Crippen molar-refractivity contribution in [3.8, 4) is 0 Å². The van der Waals surface area contributed by atoms with Crippen molar-refractivity contribution in [1.29, 1.82) is 0 Å². The molecule has 2 rings (SSSR count). The number of hydrogen-bond donors (Lipinski definition) is 2. The topological polar surface area (TPSA) is 41.1 Å². The first kappa shape index (κ1) is 10.3. The maximum atomic E-state index is 10.8. The Morgan fingerprint density at radius 1 is 1.67 bits per heavy atom. The molecular weight excluding hydrogens is 212 g/mol. The van der Waals surface area contributed by atoms with Crippen LogP contribution in [0.15, 0.2) is 18.2 Å². The van der Waals surface area contributed by atoms with Crippen molar-refractivity contribution in [1.82, 2.24) is 5.32 Å². The second-order valence-corrected chi connectivity index (χ2v) is 4.22. The van der Waals surface area contributed by atoms with Gasteiger partial charge in [-0.05, 0) is 30.2 Å². The molecule has 1 atom stereocenters. The van der Waals surface area contributed by atoms with Gasteiger partial charge < -0.3 is 10.6 Å². The Hall–Kier alpha value is -1.22. The van der Waals surface area contributed by atoms with E-state index in [0.29, 0.717) is 6.54 Å². The Bertz CT molecular complexity index is 392. The number of benzene rings is 1. The molecular formula is C11H13ClN2O. The van der Waals surface area contributed by atoms with Crippen LogP contribution in [0, 0.1) is 0 Å². The minimum absolute atomic E-state index is 0.00536. The van der Waals surface area contributed by atoms with Crippen LogP contribution in [0.25, 0.3) is 0 Å². The molecule has 2 N–H and O–H groups in total. The van der Waals surface area contributed by atoms with Crippen LogP contribution in [0.2, 0.25) is 5.02 Å². The number of amides is 1. The molecule has 0 aliphatic carbocycles. The van der Waals surface area contributed by atoms with Crippen molar-refractivity contribution in [2.45, 2.75) is 19.4 Å². The number of fused-ring (bicyclic) bond motifs is 1. The molecule has 3 nitrogen and oxygen atoms in total. The van der Waals surface area contributed by atoms with Crippen LogP contribution in [0.5, 0.6) is 0 Å². The lowest BCUT2D eigenvalue weighted by molar-refractivity contribution is -0.118. The molecule has 0 saturated heterocycles. The largest absolute Gasteiger partial charge is 0.380 e. The van der Waals surface area contributed by atoms with Crippen molar-refractivity contribution in [2.75, 3.05) is 11.9 Å². The summed E-state index contributed by atoms with van der Waals surface area (Å²) in [6.45, 7) is 2.18. The predicted octanol–water partition coefficient (Wildman–Crippen LogP) is 1.81. The zero-order chi connectivity index (χ0) is 10.8. The number of hydrogen-bond acceptors (Lipinski definition) is 2. The zero-order valence-corrected chi connectivity index (χ0v) is 9.27. The first-order chi connectivity index (χ1) is 7.15. The van der Waals surface area contributed by atoms with Crippen LogP contribution < -0.4 is 10.6 Å². The van der Waals surface area contributed by atoms with Crippen LogP contribution in [0.3, 0.4) is 0 Å². The normalized spacial score (nSPS) is 18.1. The van der Waals surface area contributed by atoms with Gasteiger partial charge in [-0.2, -0.15) is 0 Å². The van der Waals surface area contributed by atoms with E-state index in [2.05, 4.69) is 10.6 Å². The fraction of sp³-hybridized carbons (Fsp3) is 0.364. The average molecular weight is 225 g/mol. The van der Waals surface area contributed by atoms with Gasteiger partial charge in [-0.1, -0.05) is 11.6 Å². The molecule has 15 heavy (non-hydrogen) atoms. The van der Waals surface area contributed by atoms with E-state index in [1.54, 1.807) is 0 Å². The fourth-order valence-corrected chi connectivity index (χ4v) is 1.99. The summed E-state index contributed by atoms with van der Waals surface area (Å²) in [4.78, 5) is 10.8. The molecule has 1 heterocycles. The van der Waals surface area contributed by atoms with E-state index in [1.165, 1.54) is 12.5 Å². The molecule has 0 radical (unpaired) electrons. The van der Waals surface area contributed by atoms with Gasteiger partial charge in [0, 0.05) is 30.2 Å². The van der Waals surface area contributed by atoms with Gasteiger partial charge in [-0.15, -0.1) is 0 Å². The summed E-state index contributed by atoms with van der Waals surface area (Å²) in [5, 5.41) is 6.91. The second-order valence-electron chi connectivity index (χ2n) is 3.78. The van der Waals surface area contributed by atoms with Crippen molar-refractivity contribution in [2.24, 2.45) is 0 Å². The highest BCUT2D eigenvalue weighted by molar-refractivity contribution is 6.30. The smallest absolute Gasteiger partial charge is 0.216 e. The summed E-state index contributed by atoms with van der Waals surface area (Å²) in [6, 6.07) is 6.10. The van der Waals surface area contributed by atoms with E-state index in [0.717, 1.165) is 17.1 Å². The molecule has 0 saturated carbocycles. The zero-order valence-electron chi connectivity index (χ0n) is 8.51. The summed E-state index contributed by atoms with van der Waals surface area (Å²) in [6.07, 6.45) is 0.913. The molecule has 0 aromatic heterocycles. The van der Waals surface area contributed by atoms with E-state index in [9.17, 15) is 4.79 Å². The van der Waals surface area contributed by atoms with Gasteiger partial charge in [0.15, 0.2) is 0 Å². The van der Waals surface area contributed by atoms with Crippen LogP contribution in [-0.4, -0.2) is 18.5 Å². The minimum atomic E-state index is 0.00536. The van der Waals surface area contributed by atoms with Crippen molar-refractivity contribution in [3.05, 3.63) is 28.8 Å². The van der Waals surface area contributed by atoms with Crippen molar-refractivity contribution < 1.29 is 4.79 Å². The van der Waals surface area contributed by atoms with E-state index in [-0.39, 0.29) is 11.9 Å². The Kier molecular flexibility index (Phi) is 2.82. The van der Waals surface area contributed by atoms with Crippen molar-refractivity contribution in [3.63, 3.8) is 0 Å². The van der Waals surface area contributed by atoms with Crippen LogP contribution in [-0.2, 0) is 11.2 Å².